The summed E-state index contributed by atoms with van der Waals surface area (Å²) in [4.78, 5) is 0. The fraction of sp³-hybridized carbons (Fsp3) is 0.778. The van der Waals surface area contributed by atoms with E-state index in [0.717, 1.165) is 18.5 Å². The van der Waals surface area contributed by atoms with Gasteiger partial charge in [-0.05, 0) is 25.7 Å². The molecular weight excluding hydrogens is 136 g/mol. The molecule has 0 aromatic rings. The average molecular weight is 156 g/mol. The molecule has 0 unspecified atom stereocenters. The molecule has 0 aliphatic heterocycles. The summed E-state index contributed by atoms with van der Waals surface area (Å²) in [5.41, 5.74) is 8.02. The standard InChI is InChI=1S/C7H14N2.C2H6/c1-9-7-5-3-2-4-6(7)8;1-2/h9H,2-5,8H2,1H3;1-2H3. The Morgan fingerprint density at radius 3 is 2.09 bits per heavy atom. The van der Waals surface area contributed by atoms with Gasteiger partial charge in [0.1, 0.15) is 0 Å². The molecule has 2 nitrogen and oxygen atoms in total. The molecule has 0 atom stereocenters. The third-order valence-electron chi connectivity index (χ3n) is 1.81. The van der Waals surface area contributed by atoms with Crippen molar-refractivity contribution in [1.82, 2.24) is 5.32 Å². The van der Waals surface area contributed by atoms with Crippen LogP contribution < -0.4 is 11.1 Å². The average Bonchev–Trinajstić information content (AvgIpc) is 2.09. The monoisotopic (exact) mass is 156 g/mol. The minimum atomic E-state index is 1.06. The van der Waals surface area contributed by atoms with Crippen LogP contribution in [0.3, 0.4) is 0 Å². The van der Waals surface area contributed by atoms with Gasteiger partial charge >= 0.3 is 0 Å². The van der Waals surface area contributed by atoms with Gasteiger partial charge in [0.25, 0.3) is 0 Å². The number of nitrogens with one attached hydrogen (secondary N) is 1. The predicted octanol–water partition coefficient (Wildman–Crippen LogP) is 1.98. The molecule has 2 heteroatoms. The SMILES string of the molecule is CC.CNC1=C(N)CCCC1. The van der Waals surface area contributed by atoms with Crippen LogP contribution in [-0.4, -0.2) is 7.05 Å². The highest BCUT2D eigenvalue weighted by Crippen LogP contribution is 2.18. The van der Waals surface area contributed by atoms with E-state index in [1.807, 2.05) is 20.9 Å². The molecule has 1 aliphatic carbocycles. The van der Waals surface area contributed by atoms with Crippen molar-refractivity contribution in [3.8, 4) is 0 Å². The zero-order valence-electron chi connectivity index (χ0n) is 7.91. The van der Waals surface area contributed by atoms with Crippen LogP contribution in [0.4, 0.5) is 0 Å². The van der Waals surface area contributed by atoms with E-state index in [1.165, 1.54) is 18.5 Å². The van der Waals surface area contributed by atoms with Crippen LogP contribution >= 0.6 is 0 Å². The van der Waals surface area contributed by atoms with Crippen molar-refractivity contribution in [3.63, 3.8) is 0 Å². The Balaban J connectivity index is 0.000000461. The van der Waals surface area contributed by atoms with Crippen molar-refractivity contribution in [2.45, 2.75) is 39.5 Å². The van der Waals surface area contributed by atoms with E-state index in [-0.39, 0.29) is 0 Å². The fourth-order valence-corrected chi connectivity index (χ4v) is 1.21. The maximum atomic E-state index is 5.71. The van der Waals surface area contributed by atoms with E-state index in [0.29, 0.717) is 0 Å². The number of rotatable bonds is 1. The van der Waals surface area contributed by atoms with Gasteiger partial charge in [0, 0.05) is 18.4 Å². The van der Waals surface area contributed by atoms with Gasteiger partial charge in [-0.3, -0.25) is 0 Å². The van der Waals surface area contributed by atoms with E-state index < -0.39 is 0 Å². The highest BCUT2D eigenvalue weighted by atomic mass is 14.9. The van der Waals surface area contributed by atoms with Crippen molar-refractivity contribution in [3.05, 3.63) is 11.4 Å². The molecule has 3 N–H and O–H groups in total. The third kappa shape index (κ3) is 3.30. The van der Waals surface area contributed by atoms with Crippen molar-refractivity contribution < 1.29 is 0 Å². The molecule has 1 aliphatic rings. The summed E-state index contributed by atoms with van der Waals surface area (Å²) in [6, 6.07) is 0. The Bertz CT molecular complexity index is 128. The van der Waals surface area contributed by atoms with Crippen molar-refractivity contribution in [2.24, 2.45) is 5.73 Å². The molecule has 0 saturated carbocycles. The van der Waals surface area contributed by atoms with Gasteiger partial charge in [-0.1, -0.05) is 13.8 Å². The molecule has 0 saturated heterocycles. The predicted molar refractivity (Wildman–Crippen MR) is 50.1 cm³/mol. The van der Waals surface area contributed by atoms with Gasteiger partial charge in [-0.2, -0.15) is 0 Å². The second-order valence-corrected chi connectivity index (χ2v) is 2.46. The number of allylic oxidation sites excluding steroid dienone is 2. The van der Waals surface area contributed by atoms with E-state index in [1.54, 1.807) is 0 Å². The quantitative estimate of drug-likeness (QED) is 0.609. The fourth-order valence-electron chi connectivity index (χ4n) is 1.21. The Hall–Kier alpha value is -0.660. The van der Waals surface area contributed by atoms with Crippen LogP contribution in [-0.2, 0) is 0 Å². The minimum Gasteiger partial charge on any atom is -0.401 e. The van der Waals surface area contributed by atoms with Gasteiger partial charge in [0.05, 0.1) is 0 Å². The first kappa shape index (κ1) is 10.3. The lowest BCUT2D eigenvalue weighted by Crippen LogP contribution is -2.17. The topological polar surface area (TPSA) is 38.0 Å². The van der Waals surface area contributed by atoms with Gasteiger partial charge in [0.15, 0.2) is 0 Å². The minimum absolute atomic E-state index is 1.06. The van der Waals surface area contributed by atoms with Crippen LogP contribution in [0.1, 0.15) is 39.5 Å². The zero-order chi connectivity index (χ0) is 8.69. The molecule has 0 radical (unpaired) electrons. The van der Waals surface area contributed by atoms with Crippen LogP contribution in [0.2, 0.25) is 0 Å². The highest BCUT2D eigenvalue weighted by Gasteiger charge is 2.06. The molecule has 1 rings (SSSR count). The first-order chi connectivity index (χ1) is 5.34. The number of hydrogen-bond acceptors (Lipinski definition) is 2. The lowest BCUT2D eigenvalue weighted by Gasteiger charge is -2.16. The Kier molecular flexibility index (Phi) is 5.71. The molecule has 0 aromatic heterocycles. The molecule has 0 heterocycles. The lowest BCUT2D eigenvalue weighted by molar-refractivity contribution is 0.634. The van der Waals surface area contributed by atoms with Gasteiger partial charge in [-0.15, -0.1) is 0 Å². The smallest absolute Gasteiger partial charge is 0.0294 e. The molecule has 0 amide bonds. The van der Waals surface area contributed by atoms with Crippen molar-refractivity contribution in [2.75, 3.05) is 7.05 Å². The second-order valence-electron chi connectivity index (χ2n) is 2.46. The molecule has 0 fully saturated rings. The van der Waals surface area contributed by atoms with Crippen LogP contribution in [0.25, 0.3) is 0 Å². The van der Waals surface area contributed by atoms with Crippen LogP contribution in [0.15, 0.2) is 11.4 Å². The third-order valence-corrected chi connectivity index (χ3v) is 1.81. The van der Waals surface area contributed by atoms with E-state index in [9.17, 15) is 0 Å². The molecule has 66 valence electrons. The second kappa shape index (κ2) is 6.08. The van der Waals surface area contributed by atoms with Gasteiger partial charge in [-0.25, -0.2) is 0 Å². The number of nitrogens with two attached hydrogens (primary N) is 1. The maximum absolute atomic E-state index is 5.71. The van der Waals surface area contributed by atoms with Crippen molar-refractivity contribution in [1.29, 1.82) is 0 Å². The zero-order valence-corrected chi connectivity index (χ0v) is 7.91. The normalized spacial score (nSPS) is 17.0. The molecule has 11 heavy (non-hydrogen) atoms. The Morgan fingerprint density at radius 2 is 1.73 bits per heavy atom. The Labute approximate surface area is 69.9 Å². The summed E-state index contributed by atoms with van der Waals surface area (Å²) in [5.74, 6) is 0. The summed E-state index contributed by atoms with van der Waals surface area (Å²) >= 11 is 0. The highest BCUT2D eigenvalue weighted by molar-refractivity contribution is 5.11. The Morgan fingerprint density at radius 1 is 1.18 bits per heavy atom. The first-order valence-electron chi connectivity index (χ1n) is 4.50. The van der Waals surface area contributed by atoms with Crippen LogP contribution in [0, 0.1) is 0 Å². The maximum Gasteiger partial charge on any atom is 0.0294 e. The lowest BCUT2D eigenvalue weighted by atomic mass is 10.0. The van der Waals surface area contributed by atoms with E-state index >= 15 is 0 Å². The summed E-state index contributed by atoms with van der Waals surface area (Å²) < 4.78 is 0. The summed E-state index contributed by atoms with van der Waals surface area (Å²) in [6.07, 6.45) is 4.77. The molecule has 0 bridgehead atoms. The summed E-state index contributed by atoms with van der Waals surface area (Å²) in [5, 5.41) is 3.11. The largest absolute Gasteiger partial charge is 0.401 e. The summed E-state index contributed by atoms with van der Waals surface area (Å²) in [6.45, 7) is 4.00. The van der Waals surface area contributed by atoms with Crippen LogP contribution in [0.5, 0.6) is 0 Å². The molecule has 0 spiro atoms. The first-order valence-corrected chi connectivity index (χ1v) is 4.50. The van der Waals surface area contributed by atoms with E-state index in [2.05, 4.69) is 5.32 Å². The molecule has 0 aromatic carbocycles. The summed E-state index contributed by atoms with van der Waals surface area (Å²) in [7, 11) is 1.94. The van der Waals surface area contributed by atoms with Gasteiger partial charge < -0.3 is 11.1 Å². The number of hydrogen-bond donors (Lipinski definition) is 2. The molecular formula is C9H20N2. The van der Waals surface area contributed by atoms with E-state index in [4.69, 9.17) is 5.73 Å². The van der Waals surface area contributed by atoms with Crippen molar-refractivity contribution >= 4 is 0 Å². The van der Waals surface area contributed by atoms with Gasteiger partial charge in [0.2, 0.25) is 0 Å².